The van der Waals surface area contributed by atoms with Crippen molar-refractivity contribution in [2.75, 3.05) is 5.73 Å². The summed E-state index contributed by atoms with van der Waals surface area (Å²) in [7, 11) is 0. The van der Waals surface area contributed by atoms with Crippen molar-refractivity contribution in [3.63, 3.8) is 0 Å². The number of hydrogen-bond acceptors (Lipinski definition) is 2. The van der Waals surface area contributed by atoms with E-state index in [1.165, 1.54) is 0 Å². The number of nitrogen functional groups attached to an aromatic ring is 1. The minimum absolute atomic E-state index is 0.651. The molecule has 1 aromatic carbocycles. The van der Waals surface area contributed by atoms with Crippen LogP contribution in [0.1, 0.15) is 0 Å². The maximum absolute atomic E-state index is 5.55. The Balaban J connectivity index is 3.21. The smallest absolute Gasteiger partial charge is 0.0862 e. The van der Waals surface area contributed by atoms with E-state index in [1.54, 1.807) is 6.07 Å². The van der Waals surface area contributed by atoms with Gasteiger partial charge in [0.05, 0.1) is 11.4 Å². The highest BCUT2D eigenvalue weighted by atomic mass is 79.9. The molecule has 3 heteroatoms. The number of aliphatic imine (C=N–C) groups is 1. The largest absolute Gasteiger partial charge is 0.397 e. The van der Waals surface area contributed by atoms with Crippen molar-refractivity contribution in [1.82, 2.24) is 0 Å². The Morgan fingerprint density at radius 2 is 2.20 bits per heavy atom. The minimum atomic E-state index is 0.651. The minimum Gasteiger partial charge on any atom is -0.397 e. The summed E-state index contributed by atoms with van der Waals surface area (Å²) in [6, 6.07) is 5.47. The molecule has 0 saturated heterocycles. The summed E-state index contributed by atoms with van der Waals surface area (Å²) >= 11 is 3.29. The molecule has 10 heavy (non-hydrogen) atoms. The molecule has 2 N–H and O–H groups in total. The Bertz CT molecular complexity index is 258. The molecular formula is C7H7BrN2. The SMILES string of the molecule is C=Nc1cc(Br)ccc1N. The second kappa shape index (κ2) is 2.84. The van der Waals surface area contributed by atoms with Gasteiger partial charge in [0, 0.05) is 4.47 Å². The number of benzene rings is 1. The maximum atomic E-state index is 5.55. The van der Waals surface area contributed by atoms with Gasteiger partial charge in [-0.15, -0.1) is 0 Å². The van der Waals surface area contributed by atoms with Crippen LogP contribution in [0.3, 0.4) is 0 Å². The fourth-order valence-corrected chi connectivity index (χ4v) is 1.00. The van der Waals surface area contributed by atoms with Gasteiger partial charge in [-0.25, -0.2) is 0 Å². The topological polar surface area (TPSA) is 38.4 Å². The van der Waals surface area contributed by atoms with E-state index in [4.69, 9.17) is 5.73 Å². The molecule has 1 aromatic rings. The summed E-state index contributed by atoms with van der Waals surface area (Å²) in [5.41, 5.74) is 6.91. The molecule has 1 rings (SSSR count). The molecule has 0 aromatic heterocycles. The molecule has 0 aliphatic heterocycles. The van der Waals surface area contributed by atoms with E-state index >= 15 is 0 Å². The van der Waals surface area contributed by atoms with Gasteiger partial charge < -0.3 is 5.73 Å². The molecule has 0 spiro atoms. The molecule has 0 unspecified atom stereocenters. The highest BCUT2D eigenvalue weighted by Gasteiger charge is 1.94. The highest BCUT2D eigenvalue weighted by Crippen LogP contribution is 2.24. The van der Waals surface area contributed by atoms with Gasteiger partial charge in [-0.05, 0) is 24.9 Å². The van der Waals surface area contributed by atoms with E-state index < -0.39 is 0 Å². The van der Waals surface area contributed by atoms with Gasteiger partial charge in [0.25, 0.3) is 0 Å². The lowest BCUT2D eigenvalue weighted by molar-refractivity contribution is 1.52. The molecular weight excluding hydrogens is 192 g/mol. The van der Waals surface area contributed by atoms with E-state index in [0.717, 1.165) is 10.2 Å². The molecule has 0 fully saturated rings. The average molecular weight is 199 g/mol. The fourth-order valence-electron chi connectivity index (χ4n) is 0.654. The van der Waals surface area contributed by atoms with E-state index in [-0.39, 0.29) is 0 Å². The molecule has 2 nitrogen and oxygen atoms in total. The van der Waals surface area contributed by atoms with Gasteiger partial charge in [-0.3, -0.25) is 4.99 Å². The van der Waals surface area contributed by atoms with E-state index in [2.05, 4.69) is 27.6 Å². The normalized spacial score (nSPS) is 9.30. The zero-order valence-electron chi connectivity index (χ0n) is 5.34. The standard InChI is InChI=1S/C7H7BrN2/c1-10-7-4-5(8)2-3-6(7)9/h2-4H,1,9H2. The van der Waals surface area contributed by atoms with Crippen molar-refractivity contribution >= 4 is 34.0 Å². The number of halogens is 1. The number of anilines is 1. The zero-order chi connectivity index (χ0) is 7.56. The Morgan fingerprint density at radius 1 is 1.50 bits per heavy atom. The van der Waals surface area contributed by atoms with Crippen molar-refractivity contribution in [2.24, 2.45) is 4.99 Å². The van der Waals surface area contributed by atoms with Gasteiger partial charge in [0.15, 0.2) is 0 Å². The Labute approximate surface area is 67.9 Å². The van der Waals surface area contributed by atoms with Crippen LogP contribution in [-0.4, -0.2) is 6.72 Å². The number of nitrogens with two attached hydrogens (primary N) is 1. The lowest BCUT2D eigenvalue weighted by Gasteiger charge is -1.97. The van der Waals surface area contributed by atoms with Crippen LogP contribution in [0.15, 0.2) is 27.7 Å². The van der Waals surface area contributed by atoms with Crippen LogP contribution in [0, 0.1) is 0 Å². The summed E-state index contributed by atoms with van der Waals surface area (Å²) in [6.07, 6.45) is 0. The second-order valence-electron chi connectivity index (χ2n) is 1.86. The molecule has 0 bridgehead atoms. The number of rotatable bonds is 1. The number of nitrogens with zero attached hydrogens (tertiary/aromatic N) is 1. The first kappa shape index (κ1) is 7.28. The lowest BCUT2D eigenvalue weighted by Crippen LogP contribution is -1.83. The predicted octanol–water partition coefficient (Wildman–Crippen LogP) is 2.36. The van der Waals surface area contributed by atoms with E-state index in [1.807, 2.05) is 12.1 Å². The molecule has 0 saturated carbocycles. The quantitative estimate of drug-likeness (QED) is 0.547. The predicted molar refractivity (Wildman–Crippen MR) is 47.8 cm³/mol. The summed E-state index contributed by atoms with van der Waals surface area (Å²) < 4.78 is 0.962. The van der Waals surface area contributed by atoms with Gasteiger partial charge in [0.2, 0.25) is 0 Å². The first-order chi connectivity index (χ1) is 4.74. The molecule has 52 valence electrons. The third-order valence-corrected chi connectivity index (χ3v) is 1.66. The fraction of sp³-hybridized carbons (Fsp3) is 0. The maximum Gasteiger partial charge on any atom is 0.0862 e. The van der Waals surface area contributed by atoms with Crippen molar-refractivity contribution in [3.05, 3.63) is 22.7 Å². The van der Waals surface area contributed by atoms with E-state index in [0.29, 0.717) is 5.69 Å². The summed E-state index contributed by atoms with van der Waals surface area (Å²) in [5, 5.41) is 0. The lowest BCUT2D eigenvalue weighted by atomic mass is 10.3. The van der Waals surface area contributed by atoms with Crippen LogP contribution in [0.5, 0.6) is 0 Å². The molecule has 0 radical (unpaired) electrons. The summed E-state index contributed by atoms with van der Waals surface area (Å²) in [5.74, 6) is 0. The Kier molecular flexibility index (Phi) is 2.06. The van der Waals surface area contributed by atoms with Crippen molar-refractivity contribution < 1.29 is 0 Å². The summed E-state index contributed by atoms with van der Waals surface area (Å²) in [4.78, 5) is 3.73. The van der Waals surface area contributed by atoms with Crippen molar-refractivity contribution in [2.45, 2.75) is 0 Å². The van der Waals surface area contributed by atoms with Crippen LogP contribution in [0.25, 0.3) is 0 Å². The van der Waals surface area contributed by atoms with Gasteiger partial charge in [-0.2, -0.15) is 0 Å². The van der Waals surface area contributed by atoms with E-state index in [9.17, 15) is 0 Å². The number of hydrogen-bond donors (Lipinski definition) is 1. The van der Waals surface area contributed by atoms with Crippen LogP contribution in [-0.2, 0) is 0 Å². The van der Waals surface area contributed by atoms with Crippen LogP contribution in [0.4, 0.5) is 11.4 Å². The molecule has 0 heterocycles. The second-order valence-corrected chi connectivity index (χ2v) is 2.78. The first-order valence-corrected chi connectivity index (χ1v) is 3.55. The van der Waals surface area contributed by atoms with Gasteiger partial charge >= 0.3 is 0 Å². The molecule has 0 aliphatic carbocycles. The zero-order valence-corrected chi connectivity index (χ0v) is 6.93. The molecule has 0 aliphatic rings. The van der Waals surface area contributed by atoms with Crippen LogP contribution < -0.4 is 5.73 Å². The summed E-state index contributed by atoms with van der Waals surface area (Å²) in [6.45, 7) is 3.38. The van der Waals surface area contributed by atoms with Crippen LogP contribution in [0.2, 0.25) is 0 Å². The third kappa shape index (κ3) is 1.36. The van der Waals surface area contributed by atoms with Crippen molar-refractivity contribution in [3.8, 4) is 0 Å². The third-order valence-electron chi connectivity index (χ3n) is 1.16. The Morgan fingerprint density at radius 3 is 2.70 bits per heavy atom. The Hall–Kier alpha value is -0.830. The van der Waals surface area contributed by atoms with Gasteiger partial charge in [0.1, 0.15) is 0 Å². The highest BCUT2D eigenvalue weighted by molar-refractivity contribution is 9.10. The first-order valence-electron chi connectivity index (χ1n) is 2.76. The van der Waals surface area contributed by atoms with Crippen LogP contribution >= 0.6 is 15.9 Å². The van der Waals surface area contributed by atoms with Crippen molar-refractivity contribution in [1.29, 1.82) is 0 Å². The van der Waals surface area contributed by atoms with Gasteiger partial charge in [-0.1, -0.05) is 15.9 Å². The molecule has 0 amide bonds. The monoisotopic (exact) mass is 198 g/mol. The molecule has 0 atom stereocenters. The average Bonchev–Trinajstić information content (AvgIpc) is 1.94.